The fraction of sp³-hybridized carbons (Fsp3) is 0.424. The lowest BCUT2D eigenvalue weighted by molar-refractivity contribution is 0.0542. The number of aromatic nitrogens is 2. The summed E-state index contributed by atoms with van der Waals surface area (Å²) in [6.07, 6.45) is 3.27. The highest BCUT2D eigenvalue weighted by Gasteiger charge is 2.33. The van der Waals surface area contributed by atoms with Crippen molar-refractivity contribution in [3.63, 3.8) is 0 Å². The van der Waals surface area contributed by atoms with Gasteiger partial charge in [0.15, 0.2) is 0 Å². The molecule has 2 aromatic heterocycles. The van der Waals surface area contributed by atoms with Crippen LogP contribution < -0.4 is 4.74 Å². The predicted octanol–water partition coefficient (Wildman–Crippen LogP) is 7.41. The molecule has 8 nitrogen and oxygen atoms in total. The maximum absolute atomic E-state index is 13.1. The van der Waals surface area contributed by atoms with Gasteiger partial charge in [-0.05, 0) is 89.4 Å². The Kier molecular flexibility index (Phi) is 8.44. The van der Waals surface area contributed by atoms with Gasteiger partial charge in [0.1, 0.15) is 11.4 Å². The van der Waals surface area contributed by atoms with Gasteiger partial charge in [0.2, 0.25) is 0 Å². The van der Waals surface area contributed by atoms with E-state index in [2.05, 4.69) is 10.3 Å². The molecule has 3 heterocycles. The van der Waals surface area contributed by atoms with E-state index in [1.54, 1.807) is 29.2 Å². The van der Waals surface area contributed by atoms with Crippen molar-refractivity contribution in [2.45, 2.75) is 71.6 Å². The topological polar surface area (TPSA) is 82.9 Å². The number of carbonyl (C=O) groups is 2. The van der Waals surface area contributed by atoms with E-state index < -0.39 is 11.7 Å². The van der Waals surface area contributed by atoms with E-state index in [1.165, 1.54) is 7.11 Å². The zero-order valence-electron chi connectivity index (χ0n) is 25.4. The fourth-order valence-corrected chi connectivity index (χ4v) is 6.61. The van der Waals surface area contributed by atoms with Crippen molar-refractivity contribution in [2.75, 3.05) is 20.8 Å². The van der Waals surface area contributed by atoms with Crippen LogP contribution in [-0.4, -0.2) is 52.9 Å². The molecular formula is C33H39N3O5S. The van der Waals surface area contributed by atoms with E-state index in [9.17, 15) is 9.59 Å². The molecule has 0 bridgehead atoms. The van der Waals surface area contributed by atoms with Gasteiger partial charge in [-0.1, -0.05) is 12.1 Å². The standard InChI is InChI=1S/C33H39N3O5S/c1-20-16-29(39-6)26(25-13-15-36(30(20)25)32(38)41-33(3,4)5)18-35-14-12-24(27-19-42-21(2)34-27)17-28(35)22-8-10-23(11-9-22)31(37)40-7/h8-11,13,15-16,19,24,28H,12,14,17-18H2,1-7H3/t24?,28-/m0/s1. The first-order chi connectivity index (χ1) is 20.0. The Morgan fingerprint density at radius 3 is 2.45 bits per heavy atom. The lowest BCUT2D eigenvalue weighted by Gasteiger charge is -2.40. The first kappa shape index (κ1) is 29.8. The smallest absolute Gasteiger partial charge is 0.419 e. The number of esters is 1. The molecule has 0 saturated carbocycles. The Morgan fingerprint density at radius 1 is 1.10 bits per heavy atom. The minimum absolute atomic E-state index is 0.0893. The molecule has 5 rings (SSSR count). The number of nitrogens with zero attached hydrogens (tertiary/aromatic N) is 3. The molecule has 0 N–H and O–H groups in total. The number of fused-ring (bicyclic) bond motifs is 1. The second-order valence-electron chi connectivity index (χ2n) is 11.9. The number of hydrogen-bond acceptors (Lipinski definition) is 8. The average molecular weight is 590 g/mol. The van der Waals surface area contributed by atoms with E-state index in [4.69, 9.17) is 19.2 Å². The van der Waals surface area contributed by atoms with Crippen molar-refractivity contribution < 1.29 is 23.8 Å². The molecule has 9 heteroatoms. The van der Waals surface area contributed by atoms with Gasteiger partial charge in [0.25, 0.3) is 0 Å². The van der Waals surface area contributed by atoms with Gasteiger partial charge in [-0.2, -0.15) is 0 Å². The second-order valence-corrected chi connectivity index (χ2v) is 13.0. The van der Waals surface area contributed by atoms with Crippen LogP contribution in [0.5, 0.6) is 5.75 Å². The molecule has 42 heavy (non-hydrogen) atoms. The molecule has 0 spiro atoms. The Labute approximate surface area is 251 Å². The summed E-state index contributed by atoms with van der Waals surface area (Å²) in [5.74, 6) is 0.780. The van der Waals surface area contributed by atoms with E-state index >= 15 is 0 Å². The van der Waals surface area contributed by atoms with Crippen molar-refractivity contribution in [1.82, 2.24) is 14.5 Å². The number of carbonyl (C=O) groups excluding carboxylic acids is 2. The minimum Gasteiger partial charge on any atom is -0.496 e. The van der Waals surface area contributed by atoms with Gasteiger partial charge >= 0.3 is 12.1 Å². The van der Waals surface area contributed by atoms with Crippen molar-refractivity contribution >= 4 is 34.3 Å². The quantitative estimate of drug-likeness (QED) is 0.217. The molecule has 222 valence electrons. The summed E-state index contributed by atoms with van der Waals surface area (Å²) in [6, 6.07) is 11.8. The maximum atomic E-state index is 13.1. The number of thiazole rings is 1. The van der Waals surface area contributed by atoms with Crippen molar-refractivity contribution in [3.05, 3.63) is 80.9 Å². The van der Waals surface area contributed by atoms with Crippen LogP contribution >= 0.6 is 11.3 Å². The van der Waals surface area contributed by atoms with Gasteiger partial charge < -0.3 is 14.2 Å². The van der Waals surface area contributed by atoms with Crippen LogP contribution in [0.3, 0.4) is 0 Å². The van der Waals surface area contributed by atoms with Crippen molar-refractivity contribution in [2.24, 2.45) is 0 Å². The highest BCUT2D eigenvalue weighted by atomic mass is 32.1. The lowest BCUT2D eigenvalue weighted by atomic mass is 9.85. The normalized spacial score (nSPS) is 17.8. The average Bonchev–Trinajstić information content (AvgIpc) is 3.60. The molecule has 1 fully saturated rings. The number of likely N-dealkylation sites (tertiary alicyclic amines) is 1. The molecule has 0 radical (unpaired) electrons. The van der Waals surface area contributed by atoms with Gasteiger partial charge in [0.05, 0.1) is 36.0 Å². The Morgan fingerprint density at radius 2 is 1.83 bits per heavy atom. The first-order valence-electron chi connectivity index (χ1n) is 14.2. The van der Waals surface area contributed by atoms with Crippen LogP contribution in [0.4, 0.5) is 4.79 Å². The van der Waals surface area contributed by atoms with Crippen molar-refractivity contribution in [3.8, 4) is 5.75 Å². The fourth-order valence-electron chi connectivity index (χ4n) is 5.92. The Bertz CT molecular complexity index is 1600. The molecular weight excluding hydrogens is 550 g/mol. The first-order valence-corrected chi connectivity index (χ1v) is 15.1. The highest BCUT2D eigenvalue weighted by molar-refractivity contribution is 7.09. The summed E-state index contributed by atoms with van der Waals surface area (Å²) >= 11 is 1.69. The van der Waals surface area contributed by atoms with Crippen LogP contribution in [0.15, 0.2) is 48.0 Å². The van der Waals surface area contributed by atoms with E-state index in [0.717, 1.165) is 63.4 Å². The summed E-state index contributed by atoms with van der Waals surface area (Å²) in [7, 11) is 3.08. The molecule has 1 aliphatic heterocycles. The van der Waals surface area contributed by atoms with Crippen LogP contribution in [0.2, 0.25) is 0 Å². The van der Waals surface area contributed by atoms with Crippen molar-refractivity contribution in [1.29, 1.82) is 0 Å². The lowest BCUT2D eigenvalue weighted by Crippen LogP contribution is -2.36. The zero-order valence-corrected chi connectivity index (χ0v) is 26.2. The molecule has 4 aromatic rings. The number of ether oxygens (including phenoxy) is 3. The van der Waals surface area contributed by atoms with Gasteiger partial charge in [-0.25, -0.2) is 14.6 Å². The van der Waals surface area contributed by atoms with Crippen LogP contribution in [0, 0.1) is 13.8 Å². The number of rotatable bonds is 6. The third kappa shape index (κ3) is 6.08. The number of aryl methyl sites for hydroxylation is 2. The monoisotopic (exact) mass is 589 g/mol. The van der Waals surface area contributed by atoms with Gasteiger partial charge in [-0.15, -0.1) is 11.3 Å². The SMILES string of the molecule is COC(=O)c1ccc([C@@H]2CC(c3csc(C)n3)CCN2Cc2c(OC)cc(C)c3c2ccn3C(=O)OC(C)(C)C)cc1. The molecule has 0 amide bonds. The predicted molar refractivity (Wildman–Crippen MR) is 165 cm³/mol. The van der Waals surface area contributed by atoms with E-state index in [0.29, 0.717) is 18.0 Å². The summed E-state index contributed by atoms with van der Waals surface area (Å²) in [4.78, 5) is 32.5. The molecule has 0 aliphatic carbocycles. The van der Waals surface area contributed by atoms with Crippen LogP contribution in [0.1, 0.15) is 83.3 Å². The summed E-state index contributed by atoms with van der Waals surface area (Å²) in [5, 5.41) is 4.22. The number of benzene rings is 2. The largest absolute Gasteiger partial charge is 0.496 e. The molecule has 1 aliphatic rings. The van der Waals surface area contributed by atoms with Gasteiger partial charge in [-0.3, -0.25) is 9.47 Å². The minimum atomic E-state index is -0.603. The Balaban J connectivity index is 1.53. The van der Waals surface area contributed by atoms with Crippen LogP contribution in [-0.2, 0) is 16.0 Å². The summed E-state index contributed by atoms with van der Waals surface area (Å²) in [6.45, 7) is 11.1. The molecule has 2 atom stereocenters. The van der Waals surface area contributed by atoms with E-state index in [1.807, 2.05) is 71.0 Å². The van der Waals surface area contributed by atoms with Crippen LogP contribution in [0.25, 0.3) is 10.9 Å². The summed E-state index contributed by atoms with van der Waals surface area (Å²) < 4.78 is 18.1. The highest BCUT2D eigenvalue weighted by Crippen LogP contribution is 2.42. The zero-order chi connectivity index (χ0) is 30.2. The van der Waals surface area contributed by atoms with Gasteiger partial charge in [0, 0.05) is 41.0 Å². The third-order valence-corrected chi connectivity index (χ3v) is 8.68. The summed E-state index contributed by atoms with van der Waals surface area (Å²) in [5.41, 5.74) is 5.00. The Hall–Kier alpha value is -3.69. The molecule has 2 aromatic carbocycles. The number of hydrogen-bond donors (Lipinski definition) is 0. The molecule has 1 unspecified atom stereocenters. The third-order valence-electron chi connectivity index (χ3n) is 7.89. The second kappa shape index (κ2) is 11.9. The number of methoxy groups -OCH3 is 2. The molecule has 1 saturated heterocycles. The number of piperidine rings is 1. The maximum Gasteiger partial charge on any atom is 0.419 e. The van der Waals surface area contributed by atoms with E-state index in [-0.39, 0.29) is 12.0 Å².